The summed E-state index contributed by atoms with van der Waals surface area (Å²) in [5.41, 5.74) is 9.40. The van der Waals surface area contributed by atoms with E-state index in [9.17, 15) is 4.79 Å². The molecule has 0 radical (unpaired) electrons. The number of anilines is 1. The van der Waals surface area contributed by atoms with Crippen LogP contribution < -0.4 is 11.2 Å². The van der Waals surface area contributed by atoms with Gasteiger partial charge in [0.15, 0.2) is 5.13 Å². The van der Waals surface area contributed by atoms with E-state index in [0.717, 1.165) is 5.56 Å². The summed E-state index contributed by atoms with van der Waals surface area (Å²) in [6.45, 7) is 0. The van der Waals surface area contributed by atoms with Crippen molar-refractivity contribution in [3.8, 4) is 0 Å². The highest BCUT2D eigenvalue weighted by Gasteiger charge is 2.05. The molecular formula is C11H11N5OS. The molecule has 1 amide bonds. The molecule has 7 heteroatoms. The lowest BCUT2D eigenvalue weighted by molar-refractivity contribution is -0.120. The number of aromatic nitrogens is 2. The van der Waals surface area contributed by atoms with Crippen molar-refractivity contribution in [3.63, 3.8) is 0 Å². The number of hydrogen-bond donors (Lipinski definition) is 2. The third kappa shape index (κ3) is 3.63. The molecular weight excluding hydrogens is 250 g/mol. The number of nitrogens with one attached hydrogen (secondary N) is 1. The van der Waals surface area contributed by atoms with Gasteiger partial charge in [-0.15, -0.1) is 11.3 Å². The lowest BCUT2D eigenvalue weighted by Gasteiger charge is -1.96. The molecule has 3 N–H and O–H groups in total. The van der Waals surface area contributed by atoms with Gasteiger partial charge in [0.25, 0.3) is 0 Å². The molecule has 18 heavy (non-hydrogen) atoms. The Morgan fingerprint density at radius 1 is 1.50 bits per heavy atom. The van der Waals surface area contributed by atoms with E-state index >= 15 is 0 Å². The molecule has 2 aromatic heterocycles. The van der Waals surface area contributed by atoms with E-state index < -0.39 is 0 Å². The van der Waals surface area contributed by atoms with Crippen LogP contribution in [0, 0.1) is 0 Å². The third-order valence-electron chi connectivity index (χ3n) is 2.02. The van der Waals surface area contributed by atoms with Crippen molar-refractivity contribution in [2.24, 2.45) is 5.10 Å². The number of amides is 1. The molecule has 2 rings (SSSR count). The molecule has 0 aliphatic carbocycles. The van der Waals surface area contributed by atoms with Crippen LogP contribution in [0.3, 0.4) is 0 Å². The van der Waals surface area contributed by atoms with Crippen LogP contribution in [0.15, 0.2) is 35.0 Å². The highest BCUT2D eigenvalue weighted by Crippen LogP contribution is 2.11. The van der Waals surface area contributed by atoms with Gasteiger partial charge >= 0.3 is 0 Å². The minimum atomic E-state index is -0.231. The number of thiazole rings is 1. The number of nitrogen functional groups attached to an aromatic ring is 1. The maximum Gasteiger partial charge on any atom is 0.246 e. The smallest absolute Gasteiger partial charge is 0.246 e. The van der Waals surface area contributed by atoms with E-state index in [1.165, 1.54) is 11.3 Å². The molecule has 0 unspecified atom stereocenters. The van der Waals surface area contributed by atoms with E-state index in [0.29, 0.717) is 10.8 Å². The summed E-state index contributed by atoms with van der Waals surface area (Å²) < 4.78 is 0. The van der Waals surface area contributed by atoms with Gasteiger partial charge in [0.05, 0.1) is 18.3 Å². The van der Waals surface area contributed by atoms with Crippen molar-refractivity contribution in [2.45, 2.75) is 6.42 Å². The zero-order valence-corrected chi connectivity index (χ0v) is 10.2. The van der Waals surface area contributed by atoms with E-state index in [1.54, 1.807) is 36.1 Å². The zero-order chi connectivity index (χ0) is 12.8. The van der Waals surface area contributed by atoms with Crippen molar-refractivity contribution in [1.82, 2.24) is 15.4 Å². The second-order valence-corrected chi connectivity index (χ2v) is 4.32. The van der Waals surface area contributed by atoms with Crippen LogP contribution in [-0.2, 0) is 11.2 Å². The van der Waals surface area contributed by atoms with Crippen LogP contribution in [0.2, 0.25) is 0 Å². The minimum Gasteiger partial charge on any atom is -0.375 e. The second kappa shape index (κ2) is 5.87. The molecule has 0 spiro atoms. The summed E-state index contributed by atoms with van der Waals surface area (Å²) in [6, 6.07) is 3.58. The van der Waals surface area contributed by atoms with Crippen molar-refractivity contribution in [1.29, 1.82) is 0 Å². The molecule has 0 aromatic carbocycles. The normalized spacial score (nSPS) is 10.7. The van der Waals surface area contributed by atoms with E-state index in [-0.39, 0.29) is 12.3 Å². The van der Waals surface area contributed by atoms with Crippen molar-refractivity contribution < 1.29 is 4.79 Å². The van der Waals surface area contributed by atoms with Gasteiger partial charge in [0.2, 0.25) is 5.91 Å². The number of carbonyl (C=O) groups is 1. The monoisotopic (exact) mass is 261 g/mol. The number of hydrazone groups is 1. The largest absolute Gasteiger partial charge is 0.375 e. The van der Waals surface area contributed by atoms with Crippen molar-refractivity contribution >= 4 is 28.6 Å². The summed E-state index contributed by atoms with van der Waals surface area (Å²) in [4.78, 5) is 19.4. The van der Waals surface area contributed by atoms with E-state index in [1.807, 2.05) is 0 Å². The molecule has 0 atom stereocenters. The summed E-state index contributed by atoms with van der Waals surface area (Å²) in [6.07, 6.45) is 5.03. The fourth-order valence-corrected chi connectivity index (χ4v) is 1.80. The van der Waals surface area contributed by atoms with Crippen LogP contribution in [-0.4, -0.2) is 22.1 Å². The standard InChI is InChI=1S/C11H11N5OS/c12-11-15-9(7-18-11)5-10(17)16-14-6-8-1-3-13-4-2-8/h1-4,6-7H,5H2,(H2,12,15)(H,16,17)/b14-6+. The van der Waals surface area contributed by atoms with E-state index in [2.05, 4.69) is 20.5 Å². The fourth-order valence-electron chi connectivity index (χ4n) is 1.24. The first-order chi connectivity index (χ1) is 8.74. The van der Waals surface area contributed by atoms with Gasteiger partial charge in [-0.25, -0.2) is 10.4 Å². The fraction of sp³-hybridized carbons (Fsp3) is 0.0909. The molecule has 2 aromatic rings. The van der Waals surface area contributed by atoms with Crippen molar-refractivity contribution in [3.05, 3.63) is 41.2 Å². The second-order valence-electron chi connectivity index (χ2n) is 3.43. The molecule has 0 aliphatic heterocycles. The Hall–Kier alpha value is -2.28. The molecule has 0 aliphatic rings. The quantitative estimate of drug-likeness (QED) is 0.629. The molecule has 0 fully saturated rings. The maximum atomic E-state index is 11.5. The molecule has 6 nitrogen and oxygen atoms in total. The first kappa shape index (κ1) is 12.2. The predicted molar refractivity (Wildman–Crippen MR) is 70.2 cm³/mol. The summed E-state index contributed by atoms with van der Waals surface area (Å²) in [5.74, 6) is -0.231. The Balaban J connectivity index is 1.83. The highest BCUT2D eigenvalue weighted by atomic mass is 32.1. The predicted octanol–water partition coefficient (Wildman–Crippen LogP) is 0.813. The average molecular weight is 261 g/mol. The molecule has 2 heterocycles. The van der Waals surface area contributed by atoms with Gasteiger partial charge in [0, 0.05) is 17.8 Å². The number of nitrogens with two attached hydrogens (primary N) is 1. The van der Waals surface area contributed by atoms with Crippen LogP contribution >= 0.6 is 11.3 Å². The van der Waals surface area contributed by atoms with Crippen molar-refractivity contribution in [2.75, 3.05) is 5.73 Å². The number of hydrogen-bond acceptors (Lipinski definition) is 6. The SMILES string of the molecule is Nc1nc(CC(=O)N/N=C/c2ccncc2)cs1. The van der Waals surface area contributed by atoms with Gasteiger partial charge in [-0.1, -0.05) is 0 Å². The van der Waals surface area contributed by atoms with E-state index in [4.69, 9.17) is 5.73 Å². The maximum absolute atomic E-state index is 11.5. The van der Waals surface area contributed by atoms with Gasteiger partial charge in [-0.3, -0.25) is 9.78 Å². The number of carbonyl (C=O) groups excluding carboxylic acids is 1. The topological polar surface area (TPSA) is 93.3 Å². The van der Waals surface area contributed by atoms with Crippen LogP contribution in [0.1, 0.15) is 11.3 Å². The molecule has 0 saturated carbocycles. The first-order valence-corrected chi connectivity index (χ1v) is 6.04. The highest BCUT2D eigenvalue weighted by molar-refractivity contribution is 7.13. The summed E-state index contributed by atoms with van der Waals surface area (Å²) in [5, 5.41) is 6.04. The molecule has 0 saturated heterocycles. The Morgan fingerprint density at radius 3 is 2.94 bits per heavy atom. The van der Waals surface area contributed by atoms with Gasteiger partial charge in [-0.05, 0) is 17.7 Å². The number of rotatable bonds is 4. The Kier molecular flexibility index (Phi) is 3.98. The first-order valence-electron chi connectivity index (χ1n) is 5.16. The Bertz CT molecular complexity index is 552. The lowest BCUT2D eigenvalue weighted by atomic mass is 10.3. The minimum absolute atomic E-state index is 0.168. The summed E-state index contributed by atoms with van der Waals surface area (Å²) >= 11 is 1.31. The van der Waals surface area contributed by atoms with Gasteiger partial charge in [0.1, 0.15) is 0 Å². The van der Waals surface area contributed by atoms with Crippen LogP contribution in [0.5, 0.6) is 0 Å². The summed E-state index contributed by atoms with van der Waals surface area (Å²) in [7, 11) is 0. The zero-order valence-electron chi connectivity index (χ0n) is 9.41. The molecule has 92 valence electrons. The third-order valence-corrected chi connectivity index (χ3v) is 2.74. The van der Waals surface area contributed by atoms with Crippen LogP contribution in [0.4, 0.5) is 5.13 Å². The molecule has 0 bridgehead atoms. The Labute approximate surface area is 108 Å². The van der Waals surface area contributed by atoms with Gasteiger partial charge < -0.3 is 5.73 Å². The average Bonchev–Trinajstić information content (AvgIpc) is 2.76. The van der Waals surface area contributed by atoms with Gasteiger partial charge in [-0.2, -0.15) is 5.10 Å². The Morgan fingerprint density at radius 2 is 2.28 bits per heavy atom. The van der Waals surface area contributed by atoms with Crippen LogP contribution in [0.25, 0.3) is 0 Å². The lowest BCUT2D eigenvalue weighted by Crippen LogP contribution is -2.19. The number of pyridine rings is 1. The number of nitrogens with zero attached hydrogens (tertiary/aromatic N) is 3.